The number of amides is 4. The lowest BCUT2D eigenvalue weighted by Crippen LogP contribution is -2.72. The lowest BCUT2D eigenvalue weighted by atomic mass is 9.68. The van der Waals surface area contributed by atoms with E-state index in [0.717, 1.165) is 6.42 Å². The van der Waals surface area contributed by atoms with Crippen LogP contribution in [0.1, 0.15) is 38.7 Å². The Hall–Kier alpha value is -2.44. The molecule has 1 spiro atoms. The van der Waals surface area contributed by atoms with Gasteiger partial charge >= 0.3 is 6.03 Å². The van der Waals surface area contributed by atoms with E-state index in [1.165, 1.54) is 11.0 Å². The van der Waals surface area contributed by atoms with Crippen LogP contribution < -0.4 is 10.2 Å². The number of halogens is 1. The van der Waals surface area contributed by atoms with Crippen molar-refractivity contribution in [3.8, 4) is 0 Å². The minimum absolute atomic E-state index is 0.117. The molecule has 0 saturated carbocycles. The number of barbiturate groups is 1. The van der Waals surface area contributed by atoms with Crippen LogP contribution in [0.5, 0.6) is 0 Å². The third-order valence-corrected chi connectivity index (χ3v) is 6.12. The third-order valence-electron chi connectivity index (χ3n) is 6.12. The normalized spacial score (nSPS) is 28.9. The zero-order valence-electron chi connectivity index (χ0n) is 14.9. The van der Waals surface area contributed by atoms with Crippen LogP contribution in [0.3, 0.4) is 0 Å². The summed E-state index contributed by atoms with van der Waals surface area (Å²) in [6.45, 7) is 4.28. The van der Waals surface area contributed by atoms with Crippen LogP contribution in [0.15, 0.2) is 18.2 Å². The molecular formula is C19H22FN3O3. The minimum atomic E-state index is -1.38. The van der Waals surface area contributed by atoms with Gasteiger partial charge in [0.15, 0.2) is 5.41 Å². The van der Waals surface area contributed by atoms with Crippen molar-refractivity contribution < 1.29 is 18.8 Å². The fourth-order valence-electron chi connectivity index (χ4n) is 4.70. The highest BCUT2D eigenvalue weighted by molar-refractivity contribution is 6.20. The van der Waals surface area contributed by atoms with E-state index in [2.05, 4.69) is 5.32 Å². The summed E-state index contributed by atoms with van der Waals surface area (Å²) < 4.78 is 14.5. The predicted octanol–water partition coefficient (Wildman–Crippen LogP) is 2.21. The molecule has 3 aliphatic heterocycles. The Bertz CT molecular complexity index is 811. The first kappa shape index (κ1) is 17.0. The van der Waals surface area contributed by atoms with E-state index in [1.54, 1.807) is 19.1 Å². The fraction of sp³-hybridized carbons (Fsp3) is 0.526. The van der Waals surface area contributed by atoms with Crippen LogP contribution in [0.4, 0.5) is 14.9 Å². The molecule has 0 unspecified atom stereocenters. The van der Waals surface area contributed by atoms with Crippen LogP contribution in [-0.2, 0) is 16.0 Å². The van der Waals surface area contributed by atoms with E-state index in [9.17, 15) is 18.8 Å². The third kappa shape index (κ3) is 2.06. The predicted molar refractivity (Wildman–Crippen MR) is 93.0 cm³/mol. The second-order valence-corrected chi connectivity index (χ2v) is 7.44. The van der Waals surface area contributed by atoms with Crippen LogP contribution in [0.25, 0.3) is 0 Å². The molecule has 1 aromatic carbocycles. The van der Waals surface area contributed by atoms with Gasteiger partial charge in [0.2, 0.25) is 11.8 Å². The zero-order valence-corrected chi connectivity index (χ0v) is 14.9. The number of nitrogens with one attached hydrogen (secondary N) is 1. The summed E-state index contributed by atoms with van der Waals surface area (Å²) in [5.74, 6) is -1.34. The topological polar surface area (TPSA) is 69.7 Å². The molecule has 2 saturated heterocycles. The Morgan fingerprint density at radius 3 is 2.85 bits per heavy atom. The fourth-order valence-corrected chi connectivity index (χ4v) is 4.70. The second kappa shape index (κ2) is 5.79. The molecule has 0 bridgehead atoms. The standard InChI is InChI=1S/C19H22FN3O3/c1-3-11(2)23-17(25)19(16(24)21-18(23)26)10-12-6-4-7-13(20)15(12)22-9-5-8-14(19)22/h4,6-7,11,14H,3,5,8-10H2,1-2H3,(H,21,24,26)/t11-,14+,19-/m0/s1. The Morgan fingerprint density at radius 1 is 1.35 bits per heavy atom. The molecule has 1 N–H and O–H groups in total. The average molecular weight is 359 g/mol. The Balaban J connectivity index is 1.88. The molecule has 6 nitrogen and oxygen atoms in total. The molecule has 3 atom stereocenters. The van der Waals surface area contributed by atoms with Gasteiger partial charge in [-0.25, -0.2) is 9.18 Å². The number of hydrogen-bond acceptors (Lipinski definition) is 4. The number of fused-ring (bicyclic) bond motifs is 4. The summed E-state index contributed by atoms with van der Waals surface area (Å²) in [4.78, 5) is 41.8. The Morgan fingerprint density at radius 2 is 2.12 bits per heavy atom. The second-order valence-electron chi connectivity index (χ2n) is 7.44. The maximum Gasteiger partial charge on any atom is 0.331 e. The number of rotatable bonds is 2. The molecule has 138 valence electrons. The van der Waals surface area contributed by atoms with Crippen molar-refractivity contribution in [3.05, 3.63) is 29.6 Å². The van der Waals surface area contributed by atoms with Crippen LogP contribution >= 0.6 is 0 Å². The van der Waals surface area contributed by atoms with E-state index in [1.807, 2.05) is 11.8 Å². The van der Waals surface area contributed by atoms with E-state index in [0.29, 0.717) is 30.6 Å². The van der Waals surface area contributed by atoms with Gasteiger partial charge < -0.3 is 4.90 Å². The largest absolute Gasteiger partial charge is 0.364 e. The number of carbonyl (C=O) groups is 3. The van der Waals surface area contributed by atoms with Crippen molar-refractivity contribution in [1.82, 2.24) is 10.2 Å². The van der Waals surface area contributed by atoms with E-state index < -0.39 is 29.3 Å². The van der Waals surface area contributed by atoms with Gasteiger partial charge in [0.05, 0.1) is 11.7 Å². The SMILES string of the molecule is CC[C@H](C)N1C(=O)NC(=O)[C@@]2(Cc3cccc(F)c3N3CCC[C@@H]32)C1=O. The van der Waals surface area contributed by atoms with Crippen molar-refractivity contribution in [3.63, 3.8) is 0 Å². The summed E-state index contributed by atoms with van der Waals surface area (Å²) >= 11 is 0. The molecule has 0 radical (unpaired) electrons. The van der Waals surface area contributed by atoms with E-state index >= 15 is 0 Å². The molecule has 3 heterocycles. The summed E-state index contributed by atoms with van der Waals surface area (Å²) in [7, 11) is 0. The Labute approximate surface area is 151 Å². The number of hydrogen-bond donors (Lipinski definition) is 1. The lowest BCUT2D eigenvalue weighted by molar-refractivity contribution is -0.154. The van der Waals surface area contributed by atoms with Crippen molar-refractivity contribution in [1.29, 1.82) is 0 Å². The van der Waals surface area contributed by atoms with Crippen LogP contribution in [-0.4, -0.2) is 41.4 Å². The highest BCUT2D eigenvalue weighted by atomic mass is 19.1. The van der Waals surface area contributed by atoms with Gasteiger partial charge in [0.1, 0.15) is 5.82 Å². The quantitative estimate of drug-likeness (QED) is 0.822. The van der Waals surface area contributed by atoms with Gasteiger partial charge in [0, 0.05) is 12.6 Å². The van der Waals surface area contributed by atoms with E-state index in [-0.39, 0.29) is 18.3 Å². The number of urea groups is 1. The average Bonchev–Trinajstić information content (AvgIpc) is 3.09. The number of benzene rings is 1. The first-order valence-corrected chi connectivity index (χ1v) is 9.15. The highest BCUT2D eigenvalue weighted by Gasteiger charge is 2.63. The Kier molecular flexibility index (Phi) is 3.78. The summed E-state index contributed by atoms with van der Waals surface area (Å²) in [5, 5.41) is 2.40. The molecule has 1 aromatic rings. The summed E-state index contributed by atoms with van der Waals surface area (Å²) in [6.07, 6.45) is 2.11. The summed E-state index contributed by atoms with van der Waals surface area (Å²) in [6, 6.07) is 3.37. The number of carbonyl (C=O) groups excluding carboxylic acids is 3. The van der Waals surface area contributed by atoms with Crippen LogP contribution in [0, 0.1) is 11.2 Å². The number of para-hydroxylation sites is 1. The highest BCUT2D eigenvalue weighted by Crippen LogP contribution is 2.49. The molecule has 26 heavy (non-hydrogen) atoms. The first-order chi connectivity index (χ1) is 12.4. The van der Waals surface area contributed by atoms with Gasteiger partial charge in [-0.1, -0.05) is 19.1 Å². The zero-order chi connectivity index (χ0) is 18.6. The maximum absolute atomic E-state index is 14.5. The van der Waals surface area contributed by atoms with Crippen molar-refractivity contribution in [2.24, 2.45) is 5.41 Å². The van der Waals surface area contributed by atoms with Crippen molar-refractivity contribution in [2.75, 3.05) is 11.4 Å². The van der Waals surface area contributed by atoms with Crippen LogP contribution in [0.2, 0.25) is 0 Å². The van der Waals surface area contributed by atoms with Gasteiger partial charge in [-0.2, -0.15) is 0 Å². The molecule has 4 rings (SSSR count). The molecule has 0 aromatic heterocycles. The van der Waals surface area contributed by atoms with Gasteiger partial charge in [-0.05, 0) is 44.2 Å². The van der Waals surface area contributed by atoms with Crippen molar-refractivity contribution >= 4 is 23.5 Å². The van der Waals surface area contributed by atoms with E-state index in [4.69, 9.17) is 0 Å². The monoisotopic (exact) mass is 359 g/mol. The molecule has 3 aliphatic rings. The summed E-state index contributed by atoms with van der Waals surface area (Å²) in [5.41, 5.74) is -0.243. The number of anilines is 1. The van der Waals surface area contributed by atoms with Gasteiger partial charge in [0.25, 0.3) is 0 Å². The molecule has 0 aliphatic carbocycles. The van der Waals surface area contributed by atoms with Gasteiger partial charge in [-0.3, -0.25) is 19.8 Å². The first-order valence-electron chi connectivity index (χ1n) is 9.15. The molecule has 2 fully saturated rings. The van der Waals surface area contributed by atoms with Crippen molar-refractivity contribution in [2.45, 2.75) is 51.6 Å². The smallest absolute Gasteiger partial charge is 0.331 e. The van der Waals surface area contributed by atoms with Gasteiger partial charge in [-0.15, -0.1) is 0 Å². The molecule has 7 heteroatoms. The maximum atomic E-state index is 14.5. The number of nitrogens with zero attached hydrogens (tertiary/aromatic N) is 2. The molecule has 4 amide bonds. The molecular weight excluding hydrogens is 337 g/mol. The number of imide groups is 2. The lowest BCUT2D eigenvalue weighted by Gasteiger charge is -2.50. The minimum Gasteiger partial charge on any atom is -0.364 e.